The van der Waals surface area contributed by atoms with Crippen LogP contribution in [0.1, 0.15) is 18.4 Å². The predicted molar refractivity (Wildman–Crippen MR) is 62.4 cm³/mol. The second-order valence-corrected chi connectivity index (χ2v) is 4.47. The highest BCUT2D eigenvalue weighted by Gasteiger charge is 2.20. The number of rotatable bonds is 5. The molecule has 0 atom stereocenters. The summed E-state index contributed by atoms with van der Waals surface area (Å²) in [4.78, 5) is 0. The van der Waals surface area contributed by atoms with Gasteiger partial charge >= 0.3 is 0 Å². The fourth-order valence-corrected chi connectivity index (χ4v) is 1.81. The third-order valence-electron chi connectivity index (χ3n) is 2.69. The van der Waals surface area contributed by atoms with Gasteiger partial charge in [0.05, 0.1) is 7.11 Å². The van der Waals surface area contributed by atoms with Gasteiger partial charge in [-0.15, -0.1) is 0 Å². The first-order valence-electron chi connectivity index (χ1n) is 5.32. The smallest absolute Gasteiger partial charge is 0.123 e. The van der Waals surface area contributed by atoms with Gasteiger partial charge in [-0.3, -0.25) is 0 Å². The molecule has 3 heteroatoms. The Morgan fingerprint density at radius 2 is 2.27 bits per heavy atom. The van der Waals surface area contributed by atoms with Crippen molar-refractivity contribution >= 4 is 11.6 Å². The molecule has 0 saturated heterocycles. The summed E-state index contributed by atoms with van der Waals surface area (Å²) in [5.74, 6) is 1.80. The van der Waals surface area contributed by atoms with Gasteiger partial charge in [-0.05, 0) is 43.5 Å². The number of hydrogen-bond acceptors (Lipinski definition) is 2. The Morgan fingerprint density at radius 1 is 1.47 bits per heavy atom. The van der Waals surface area contributed by atoms with Gasteiger partial charge < -0.3 is 10.1 Å². The Kier molecular flexibility index (Phi) is 3.49. The number of nitrogens with one attached hydrogen (secondary N) is 1. The lowest BCUT2D eigenvalue weighted by Crippen LogP contribution is -2.16. The van der Waals surface area contributed by atoms with Crippen LogP contribution in [0.4, 0.5) is 0 Å². The van der Waals surface area contributed by atoms with E-state index in [-0.39, 0.29) is 0 Å². The normalized spacial score (nSPS) is 15.3. The zero-order chi connectivity index (χ0) is 10.7. The molecule has 2 nitrogen and oxygen atoms in total. The van der Waals surface area contributed by atoms with E-state index in [4.69, 9.17) is 16.3 Å². The minimum absolute atomic E-state index is 0.763. The van der Waals surface area contributed by atoms with Gasteiger partial charge in [0.2, 0.25) is 0 Å². The summed E-state index contributed by atoms with van der Waals surface area (Å²) >= 11 is 5.94. The fraction of sp³-hybridized carbons (Fsp3) is 0.500. The number of hydrogen-bond donors (Lipinski definition) is 1. The van der Waals surface area contributed by atoms with Crippen molar-refractivity contribution in [2.75, 3.05) is 13.7 Å². The van der Waals surface area contributed by atoms with E-state index in [1.807, 2.05) is 18.2 Å². The standard InChI is InChI=1S/C12H16ClNO/c1-15-12-5-4-11(13)6-10(12)8-14-7-9-2-3-9/h4-6,9,14H,2-3,7-8H2,1H3. The molecule has 1 aromatic carbocycles. The van der Waals surface area contributed by atoms with E-state index in [2.05, 4.69) is 5.32 Å². The van der Waals surface area contributed by atoms with Crippen LogP contribution >= 0.6 is 11.6 Å². The summed E-state index contributed by atoms with van der Waals surface area (Å²) in [6.45, 7) is 1.94. The maximum absolute atomic E-state index is 5.94. The van der Waals surface area contributed by atoms with Crippen LogP contribution in [0.5, 0.6) is 5.75 Å². The number of halogens is 1. The average Bonchev–Trinajstić information content (AvgIpc) is 3.02. The van der Waals surface area contributed by atoms with Crippen LogP contribution < -0.4 is 10.1 Å². The molecule has 1 N–H and O–H groups in total. The molecule has 0 aliphatic heterocycles. The van der Waals surface area contributed by atoms with Crippen LogP contribution in [0.25, 0.3) is 0 Å². The van der Waals surface area contributed by atoms with E-state index in [0.29, 0.717) is 0 Å². The van der Waals surface area contributed by atoms with Crippen LogP contribution in [0.3, 0.4) is 0 Å². The lowest BCUT2D eigenvalue weighted by Gasteiger charge is -2.09. The molecule has 1 aliphatic rings. The lowest BCUT2D eigenvalue weighted by atomic mass is 10.2. The second kappa shape index (κ2) is 4.86. The van der Waals surface area contributed by atoms with Gasteiger partial charge in [0.15, 0.2) is 0 Å². The Bertz CT molecular complexity index is 336. The van der Waals surface area contributed by atoms with Gasteiger partial charge in [-0.25, -0.2) is 0 Å². The molecule has 0 spiro atoms. The first-order chi connectivity index (χ1) is 7.29. The molecule has 0 aromatic heterocycles. The van der Waals surface area contributed by atoms with Crippen molar-refractivity contribution in [3.63, 3.8) is 0 Å². The van der Waals surface area contributed by atoms with Crippen molar-refractivity contribution < 1.29 is 4.74 Å². The van der Waals surface area contributed by atoms with Crippen molar-refractivity contribution in [3.05, 3.63) is 28.8 Å². The maximum atomic E-state index is 5.94. The Hall–Kier alpha value is -0.730. The fourth-order valence-electron chi connectivity index (χ4n) is 1.62. The lowest BCUT2D eigenvalue weighted by molar-refractivity contribution is 0.407. The largest absolute Gasteiger partial charge is 0.496 e. The van der Waals surface area contributed by atoms with Gasteiger partial charge in [0.1, 0.15) is 5.75 Å². The SMILES string of the molecule is COc1ccc(Cl)cc1CNCC1CC1. The van der Waals surface area contributed by atoms with Crippen molar-refractivity contribution in [3.8, 4) is 5.75 Å². The Labute approximate surface area is 95.6 Å². The molecular weight excluding hydrogens is 210 g/mol. The molecule has 0 unspecified atom stereocenters. The molecule has 0 radical (unpaired) electrons. The highest BCUT2D eigenvalue weighted by atomic mass is 35.5. The van der Waals surface area contributed by atoms with E-state index in [0.717, 1.165) is 35.3 Å². The molecule has 1 saturated carbocycles. The third kappa shape index (κ3) is 3.11. The maximum Gasteiger partial charge on any atom is 0.123 e. The molecule has 1 fully saturated rings. The summed E-state index contributed by atoms with van der Waals surface area (Å²) in [7, 11) is 1.69. The zero-order valence-electron chi connectivity index (χ0n) is 8.92. The monoisotopic (exact) mass is 225 g/mol. The van der Waals surface area contributed by atoms with E-state index in [9.17, 15) is 0 Å². The molecule has 15 heavy (non-hydrogen) atoms. The average molecular weight is 226 g/mol. The van der Waals surface area contributed by atoms with Gasteiger partial charge in [0.25, 0.3) is 0 Å². The van der Waals surface area contributed by atoms with Gasteiger partial charge in [-0.2, -0.15) is 0 Å². The molecule has 1 aliphatic carbocycles. The Balaban J connectivity index is 1.94. The molecular formula is C12H16ClNO. The molecule has 82 valence electrons. The van der Waals surface area contributed by atoms with Crippen LogP contribution in [0, 0.1) is 5.92 Å². The topological polar surface area (TPSA) is 21.3 Å². The molecule has 0 amide bonds. The van der Waals surface area contributed by atoms with Gasteiger partial charge in [0, 0.05) is 17.1 Å². The molecule has 1 aromatic rings. The van der Waals surface area contributed by atoms with Crippen molar-refractivity contribution in [1.29, 1.82) is 0 Å². The van der Waals surface area contributed by atoms with E-state index in [1.54, 1.807) is 7.11 Å². The zero-order valence-corrected chi connectivity index (χ0v) is 9.68. The summed E-state index contributed by atoms with van der Waals surface area (Å²) in [6.07, 6.45) is 2.75. The Morgan fingerprint density at radius 3 is 2.93 bits per heavy atom. The van der Waals surface area contributed by atoms with E-state index < -0.39 is 0 Å². The first kappa shape index (κ1) is 10.8. The van der Waals surface area contributed by atoms with Crippen LogP contribution in [0.2, 0.25) is 5.02 Å². The van der Waals surface area contributed by atoms with Crippen LogP contribution in [-0.2, 0) is 6.54 Å². The molecule has 2 rings (SSSR count). The quantitative estimate of drug-likeness (QED) is 0.832. The molecule has 0 heterocycles. The highest BCUT2D eigenvalue weighted by Crippen LogP contribution is 2.28. The van der Waals surface area contributed by atoms with Crippen molar-refractivity contribution in [2.24, 2.45) is 5.92 Å². The predicted octanol–water partition coefficient (Wildman–Crippen LogP) is 2.85. The number of methoxy groups -OCH3 is 1. The third-order valence-corrected chi connectivity index (χ3v) is 2.92. The van der Waals surface area contributed by atoms with Crippen molar-refractivity contribution in [2.45, 2.75) is 19.4 Å². The summed E-state index contributed by atoms with van der Waals surface area (Å²) in [5, 5.41) is 4.19. The number of ether oxygens (including phenoxy) is 1. The first-order valence-corrected chi connectivity index (χ1v) is 5.70. The van der Waals surface area contributed by atoms with E-state index in [1.165, 1.54) is 12.8 Å². The summed E-state index contributed by atoms with van der Waals surface area (Å²) in [6, 6.07) is 5.72. The van der Waals surface area contributed by atoms with Crippen molar-refractivity contribution in [1.82, 2.24) is 5.32 Å². The second-order valence-electron chi connectivity index (χ2n) is 4.03. The molecule has 0 bridgehead atoms. The van der Waals surface area contributed by atoms with Crippen LogP contribution in [-0.4, -0.2) is 13.7 Å². The summed E-state index contributed by atoms with van der Waals surface area (Å²) < 4.78 is 5.27. The van der Waals surface area contributed by atoms with Gasteiger partial charge in [-0.1, -0.05) is 11.6 Å². The van der Waals surface area contributed by atoms with E-state index >= 15 is 0 Å². The van der Waals surface area contributed by atoms with Crippen LogP contribution in [0.15, 0.2) is 18.2 Å². The minimum atomic E-state index is 0.763. The summed E-state index contributed by atoms with van der Waals surface area (Å²) in [5.41, 5.74) is 1.13. The number of benzene rings is 1. The highest BCUT2D eigenvalue weighted by molar-refractivity contribution is 6.30. The minimum Gasteiger partial charge on any atom is -0.496 e.